The van der Waals surface area contributed by atoms with Crippen molar-refractivity contribution in [1.82, 2.24) is 10.5 Å². The van der Waals surface area contributed by atoms with Gasteiger partial charge in [-0.2, -0.15) is 0 Å². The molecular formula is C22H22N4O4. The Morgan fingerprint density at radius 2 is 2.07 bits per heavy atom. The van der Waals surface area contributed by atoms with E-state index in [0.717, 1.165) is 17.0 Å². The number of anilines is 1. The van der Waals surface area contributed by atoms with Crippen LogP contribution in [-0.4, -0.2) is 35.7 Å². The molecule has 2 aliphatic heterocycles. The third-order valence-electron chi connectivity index (χ3n) is 5.28. The monoisotopic (exact) mass is 406 g/mol. The van der Waals surface area contributed by atoms with Gasteiger partial charge in [0, 0.05) is 43.3 Å². The molecule has 0 saturated carbocycles. The lowest BCUT2D eigenvalue weighted by atomic mass is 9.91. The number of ether oxygens (including phenoxy) is 1. The average Bonchev–Trinajstić information content (AvgIpc) is 3.15. The molecule has 0 unspecified atom stereocenters. The van der Waals surface area contributed by atoms with Gasteiger partial charge in [-0.25, -0.2) is 4.98 Å². The summed E-state index contributed by atoms with van der Waals surface area (Å²) in [5.41, 5.74) is 4.81. The highest BCUT2D eigenvalue weighted by atomic mass is 16.7. The molecule has 30 heavy (non-hydrogen) atoms. The highest BCUT2D eigenvalue weighted by Gasteiger charge is 2.39. The van der Waals surface area contributed by atoms with Crippen molar-refractivity contribution in [3.05, 3.63) is 69.5 Å². The van der Waals surface area contributed by atoms with E-state index in [9.17, 15) is 10.1 Å². The molecule has 3 heterocycles. The smallest absolute Gasteiger partial charge is 0.311 e. The lowest BCUT2D eigenvalue weighted by Gasteiger charge is -2.36. The first kappa shape index (κ1) is 19.7. The van der Waals surface area contributed by atoms with Crippen LogP contribution in [0.25, 0.3) is 0 Å². The SMILES string of the molecule is COc1cccc(C#CC2=CC3(CCN(c4nc(C)ccc4[N+](=O)[O-])CC3)ON2)c1. The van der Waals surface area contributed by atoms with Gasteiger partial charge in [0.25, 0.3) is 0 Å². The number of allylic oxidation sites excluding steroid dienone is 1. The number of aromatic nitrogens is 1. The summed E-state index contributed by atoms with van der Waals surface area (Å²) in [7, 11) is 1.62. The molecule has 0 aliphatic carbocycles. The topological polar surface area (TPSA) is 89.8 Å². The summed E-state index contributed by atoms with van der Waals surface area (Å²) >= 11 is 0. The number of methoxy groups -OCH3 is 1. The molecule has 8 heteroatoms. The maximum atomic E-state index is 11.4. The van der Waals surface area contributed by atoms with E-state index in [1.165, 1.54) is 6.07 Å². The number of hydrogen-bond acceptors (Lipinski definition) is 7. The van der Waals surface area contributed by atoms with E-state index in [2.05, 4.69) is 22.3 Å². The van der Waals surface area contributed by atoms with Crippen molar-refractivity contribution < 1.29 is 14.5 Å². The normalized spacial score (nSPS) is 17.0. The fourth-order valence-corrected chi connectivity index (χ4v) is 3.63. The van der Waals surface area contributed by atoms with Gasteiger partial charge in [-0.1, -0.05) is 12.0 Å². The third kappa shape index (κ3) is 4.07. The predicted molar refractivity (Wildman–Crippen MR) is 112 cm³/mol. The van der Waals surface area contributed by atoms with Crippen molar-refractivity contribution in [2.75, 3.05) is 25.1 Å². The Morgan fingerprint density at radius 3 is 2.80 bits per heavy atom. The van der Waals surface area contributed by atoms with Crippen molar-refractivity contribution in [3.63, 3.8) is 0 Å². The molecule has 8 nitrogen and oxygen atoms in total. The molecule has 1 aromatic heterocycles. The second kappa shape index (κ2) is 8.05. The van der Waals surface area contributed by atoms with E-state index in [4.69, 9.17) is 9.57 Å². The fraction of sp³-hybridized carbons (Fsp3) is 0.318. The molecule has 0 bridgehead atoms. The van der Waals surface area contributed by atoms with E-state index >= 15 is 0 Å². The summed E-state index contributed by atoms with van der Waals surface area (Å²) in [5, 5.41) is 11.4. The van der Waals surface area contributed by atoms with E-state index in [0.29, 0.717) is 37.4 Å². The number of hydrogen-bond donors (Lipinski definition) is 1. The summed E-state index contributed by atoms with van der Waals surface area (Å²) in [6.45, 7) is 3.04. The Balaban J connectivity index is 1.47. The van der Waals surface area contributed by atoms with Crippen LogP contribution in [0, 0.1) is 28.9 Å². The number of nitrogens with one attached hydrogen (secondary N) is 1. The summed E-state index contributed by atoms with van der Waals surface area (Å²) in [6, 6.07) is 10.7. The first-order valence-electron chi connectivity index (χ1n) is 9.68. The minimum absolute atomic E-state index is 0.0300. The number of nitrogens with zero attached hydrogens (tertiary/aromatic N) is 3. The Kier molecular flexibility index (Phi) is 5.29. The second-order valence-corrected chi connectivity index (χ2v) is 7.35. The number of pyridine rings is 1. The zero-order chi connectivity index (χ0) is 21.1. The lowest BCUT2D eigenvalue weighted by Crippen LogP contribution is -2.45. The van der Waals surface area contributed by atoms with Crippen LogP contribution in [0.2, 0.25) is 0 Å². The molecule has 0 radical (unpaired) electrons. The quantitative estimate of drug-likeness (QED) is 0.476. The molecule has 2 aromatic rings. The van der Waals surface area contributed by atoms with Crippen LogP contribution in [0.4, 0.5) is 11.5 Å². The van der Waals surface area contributed by atoms with Crippen molar-refractivity contribution in [1.29, 1.82) is 0 Å². The van der Waals surface area contributed by atoms with Crippen LogP contribution in [0.3, 0.4) is 0 Å². The maximum absolute atomic E-state index is 11.4. The fourth-order valence-electron chi connectivity index (χ4n) is 3.63. The first-order chi connectivity index (χ1) is 14.5. The highest BCUT2D eigenvalue weighted by molar-refractivity contribution is 5.58. The van der Waals surface area contributed by atoms with Crippen LogP contribution < -0.4 is 15.1 Å². The minimum atomic E-state index is -0.465. The molecule has 4 rings (SSSR count). The van der Waals surface area contributed by atoms with Gasteiger partial charge in [-0.3, -0.25) is 20.4 Å². The van der Waals surface area contributed by atoms with Gasteiger partial charge < -0.3 is 9.64 Å². The second-order valence-electron chi connectivity index (χ2n) is 7.35. The molecule has 1 spiro atoms. The first-order valence-corrected chi connectivity index (χ1v) is 9.68. The van der Waals surface area contributed by atoms with Crippen LogP contribution in [0.5, 0.6) is 5.75 Å². The van der Waals surface area contributed by atoms with Gasteiger partial charge in [-0.15, -0.1) is 0 Å². The molecular weight excluding hydrogens is 384 g/mol. The number of aryl methyl sites for hydroxylation is 1. The summed E-state index contributed by atoms with van der Waals surface area (Å²) < 4.78 is 5.22. The van der Waals surface area contributed by atoms with Crippen molar-refractivity contribution in [3.8, 4) is 17.6 Å². The van der Waals surface area contributed by atoms with E-state index in [1.54, 1.807) is 13.2 Å². The predicted octanol–water partition coefficient (Wildman–Crippen LogP) is 3.12. The van der Waals surface area contributed by atoms with Gasteiger partial charge >= 0.3 is 5.69 Å². The van der Waals surface area contributed by atoms with Gasteiger partial charge in [0.05, 0.1) is 12.0 Å². The maximum Gasteiger partial charge on any atom is 0.311 e. The number of hydroxylamine groups is 1. The van der Waals surface area contributed by atoms with Crippen LogP contribution >= 0.6 is 0 Å². The summed E-state index contributed by atoms with van der Waals surface area (Å²) in [6.07, 6.45) is 3.36. The van der Waals surface area contributed by atoms with Crippen molar-refractivity contribution in [2.45, 2.75) is 25.4 Å². The van der Waals surface area contributed by atoms with Crippen LogP contribution in [0.15, 0.2) is 48.2 Å². The molecule has 154 valence electrons. The molecule has 1 aromatic carbocycles. The summed E-state index contributed by atoms with van der Waals surface area (Å²) in [5.74, 6) is 7.38. The zero-order valence-electron chi connectivity index (χ0n) is 16.8. The van der Waals surface area contributed by atoms with Gasteiger partial charge in [0.15, 0.2) is 0 Å². The third-order valence-corrected chi connectivity index (χ3v) is 5.28. The molecule has 1 saturated heterocycles. The van der Waals surface area contributed by atoms with E-state index in [-0.39, 0.29) is 10.6 Å². The molecule has 0 atom stereocenters. The summed E-state index contributed by atoms with van der Waals surface area (Å²) in [4.78, 5) is 23.2. The molecule has 1 N–H and O–H groups in total. The standard InChI is InChI=1S/C22H22N4O4/c1-16-6-9-20(26(27)28)21(23-16)25-12-10-22(11-13-25)15-18(24-30-22)8-7-17-4-3-5-19(14-17)29-2/h3-6,9,14-15,24H,10-13H2,1-2H3. The number of benzene rings is 1. The van der Waals surface area contributed by atoms with Crippen molar-refractivity contribution >= 4 is 11.5 Å². The van der Waals surface area contributed by atoms with E-state index in [1.807, 2.05) is 42.2 Å². The molecule has 2 aliphatic rings. The van der Waals surface area contributed by atoms with Gasteiger partial charge in [0.1, 0.15) is 17.0 Å². The molecule has 0 amide bonds. The number of rotatable bonds is 3. The Hall–Kier alpha value is -3.57. The number of piperidine rings is 1. The van der Waals surface area contributed by atoms with Crippen molar-refractivity contribution in [2.24, 2.45) is 0 Å². The zero-order valence-corrected chi connectivity index (χ0v) is 16.8. The lowest BCUT2D eigenvalue weighted by molar-refractivity contribution is -0.384. The molecule has 1 fully saturated rings. The largest absolute Gasteiger partial charge is 0.497 e. The Labute approximate surface area is 174 Å². The van der Waals surface area contributed by atoms with Crippen LogP contribution in [-0.2, 0) is 4.84 Å². The average molecular weight is 406 g/mol. The van der Waals surface area contributed by atoms with E-state index < -0.39 is 5.60 Å². The number of nitro groups is 1. The van der Waals surface area contributed by atoms with Crippen LogP contribution in [0.1, 0.15) is 24.1 Å². The Bertz CT molecular complexity index is 1060. The minimum Gasteiger partial charge on any atom is -0.497 e. The van der Waals surface area contributed by atoms with Gasteiger partial charge in [0.2, 0.25) is 5.82 Å². The Morgan fingerprint density at radius 1 is 1.27 bits per heavy atom. The van der Waals surface area contributed by atoms with Gasteiger partial charge in [-0.05, 0) is 43.2 Å². The highest BCUT2D eigenvalue weighted by Crippen LogP contribution is 2.35.